The Morgan fingerprint density at radius 2 is 2.23 bits per heavy atom. The third-order valence-electron chi connectivity index (χ3n) is 2.40. The van der Waals surface area contributed by atoms with Crippen molar-refractivity contribution in [2.75, 3.05) is 26.7 Å². The van der Waals surface area contributed by atoms with Crippen LogP contribution in [-0.2, 0) is 0 Å². The minimum absolute atomic E-state index is 0.933. The molecule has 0 bridgehead atoms. The maximum Gasteiger partial charge on any atom is 0.128 e. The summed E-state index contributed by atoms with van der Waals surface area (Å²) in [6.07, 6.45) is 0. The van der Waals surface area contributed by atoms with Crippen molar-refractivity contribution in [1.82, 2.24) is 10.2 Å². The van der Waals surface area contributed by atoms with Crippen molar-refractivity contribution in [3.05, 3.63) is 11.3 Å². The first kappa shape index (κ1) is 10.1. The van der Waals surface area contributed by atoms with Crippen molar-refractivity contribution in [3.8, 4) is 0 Å². The molecular formula is C10H19N3. The highest BCUT2D eigenvalue weighted by molar-refractivity contribution is 5.99. The van der Waals surface area contributed by atoms with E-state index in [9.17, 15) is 0 Å². The molecule has 0 saturated carbocycles. The number of hydrogen-bond acceptors (Lipinski definition) is 3. The summed E-state index contributed by atoms with van der Waals surface area (Å²) in [4.78, 5) is 6.67. The van der Waals surface area contributed by atoms with E-state index in [-0.39, 0.29) is 0 Å². The van der Waals surface area contributed by atoms with E-state index in [4.69, 9.17) is 0 Å². The van der Waals surface area contributed by atoms with E-state index >= 15 is 0 Å². The van der Waals surface area contributed by atoms with Gasteiger partial charge < -0.3 is 10.2 Å². The van der Waals surface area contributed by atoms with Crippen LogP contribution in [0.4, 0.5) is 0 Å². The molecule has 0 aromatic carbocycles. The van der Waals surface area contributed by atoms with Crippen LogP contribution >= 0.6 is 0 Å². The first-order valence-electron chi connectivity index (χ1n) is 4.84. The molecule has 0 amide bonds. The fraction of sp³-hybridized carbons (Fsp3) is 0.700. The maximum atomic E-state index is 4.46. The van der Waals surface area contributed by atoms with Crippen LogP contribution in [0.5, 0.6) is 0 Å². The Bertz CT molecular complexity index is 241. The predicted octanol–water partition coefficient (Wildman–Crippen LogP) is 1.23. The minimum Gasteiger partial charge on any atom is -0.389 e. The van der Waals surface area contributed by atoms with Crippen LogP contribution in [0.1, 0.15) is 20.8 Å². The lowest BCUT2D eigenvalue weighted by molar-refractivity contribution is 0.555. The fourth-order valence-corrected chi connectivity index (χ4v) is 1.50. The molecule has 1 rings (SSSR count). The van der Waals surface area contributed by atoms with Gasteiger partial charge in [0.1, 0.15) is 5.84 Å². The third-order valence-corrected chi connectivity index (χ3v) is 2.40. The smallest absolute Gasteiger partial charge is 0.128 e. The van der Waals surface area contributed by atoms with E-state index in [0.29, 0.717) is 0 Å². The third kappa shape index (κ3) is 2.23. The number of nitrogens with one attached hydrogen (secondary N) is 1. The van der Waals surface area contributed by atoms with Crippen molar-refractivity contribution in [2.24, 2.45) is 4.99 Å². The average molecular weight is 181 g/mol. The highest BCUT2D eigenvalue weighted by Crippen LogP contribution is 2.10. The summed E-state index contributed by atoms with van der Waals surface area (Å²) in [7, 11) is 2.09. The van der Waals surface area contributed by atoms with Gasteiger partial charge in [-0.05, 0) is 20.8 Å². The average Bonchev–Trinajstić information content (AvgIpc) is 2.50. The van der Waals surface area contributed by atoms with Gasteiger partial charge in [0.05, 0.1) is 6.54 Å². The zero-order valence-electron chi connectivity index (χ0n) is 9.02. The molecule has 0 fully saturated rings. The number of nitrogens with zero attached hydrogens (tertiary/aromatic N) is 2. The molecule has 3 nitrogen and oxygen atoms in total. The molecule has 0 atom stereocenters. The van der Waals surface area contributed by atoms with Gasteiger partial charge in [0.15, 0.2) is 0 Å². The van der Waals surface area contributed by atoms with Gasteiger partial charge in [-0.2, -0.15) is 0 Å². The Hall–Kier alpha value is -0.990. The molecule has 1 aliphatic heterocycles. The predicted molar refractivity (Wildman–Crippen MR) is 57.0 cm³/mol. The molecule has 0 spiro atoms. The molecule has 0 radical (unpaired) electrons. The number of allylic oxidation sites excluding steroid dienone is 1. The Kier molecular flexibility index (Phi) is 3.34. The number of likely N-dealkylation sites (N-methyl/N-ethyl adjacent to an activating group) is 1. The molecule has 0 aromatic heterocycles. The summed E-state index contributed by atoms with van der Waals surface area (Å²) in [6, 6.07) is 0. The summed E-state index contributed by atoms with van der Waals surface area (Å²) in [6.45, 7) is 9.29. The van der Waals surface area contributed by atoms with Crippen LogP contribution in [0.3, 0.4) is 0 Å². The van der Waals surface area contributed by atoms with Gasteiger partial charge in [-0.25, -0.2) is 0 Å². The lowest BCUT2D eigenvalue weighted by atomic mass is 10.2. The lowest BCUT2D eigenvalue weighted by Crippen LogP contribution is -2.26. The first-order valence-corrected chi connectivity index (χ1v) is 4.84. The SMILES string of the molecule is CCN/C(C)=C(\C)C1=NCCN1C. The van der Waals surface area contributed by atoms with Crippen LogP contribution in [0.15, 0.2) is 16.3 Å². The molecule has 1 heterocycles. The number of amidine groups is 1. The second-order valence-corrected chi connectivity index (χ2v) is 3.41. The van der Waals surface area contributed by atoms with Gasteiger partial charge >= 0.3 is 0 Å². The van der Waals surface area contributed by atoms with Gasteiger partial charge in [-0.1, -0.05) is 0 Å². The molecule has 13 heavy (non-hydrogen) atoms. The summed E-state index contributed by atoms with van der Waals surface area (Å²) in [5.74, 6) is 1.14. The monoisotopic (exact) mass is 181 g/mol. The van der Waals surface area contributed by atoms with E-state index in [1.54, 1.807) is 0 Å². The van der Waals surface area contributed by atoms with Crippen molar-refractivity contribution < 1.29 is 0 Å². The van der Waals surface area contributed by atoms with Gasteiger partial charge in [0, 0.05) is 31.4 Å². The Labute approximate surface area is 80.5 Å². The molecule has 1 N–H and O–H groups in total. The van der Waals surface area contributed by atoms with E-state index in [2.05, 4.69) is 43.0 Å². The fourth-order valence-electron chi connectivity index (χ4n) is 1.50. The zero-order chi connectivity index (χ0) is 9.84. The summed E-state index contributed by atoms with van der Waals surface area (Å²) in [5.41, 5.74) is 2.50. The van der Waals surface area contributed by atoms with E-state index in [1.807, 2.05) is 0 Å². The van der Waals surface area contributed by atoms with Crippen molar-refractivity contribution in [2.45, 2.75) is 20.8 Å². The Balaban J connectivity index is 2.75. The van der Waals surface area contributed by atoms with E-state index < -0.39 is 0 Å². The van der Waals surface area contributed by atoms with Crippen molar-refractivity contribution >= 4 is 5.84 Å². The number of aliphatic imine (C=N–C) groups is 1. The van der Waals surface area contributed by atoms with Crippen LogP contribution in [0, 0.1) is 0 Å². The molecule has 74 valence electrons. The standard InChI is InChI=1S/C10H19N3/c1-5-11-9(3)8(2)10-12-6-7-13(10)4/h11H,5-7H2,1-4H3/b9-8+. The second kappa shape index (κ2) is 4.30. The molecule has 3 heteroatoms. The van der Waals surface area contributed by atoms with Crippen molar-refractivity contribution in [3.63, 3.8) is 0 Å². The maximum absolute atomic E-state index is 4.46. The summed E-state index contributed by atoms with van der Waals surface area (Å²) < 4.78 is 0. The van der Waals surface area contributed by atoms with Crippen LogP contribution in [0.2, 0.25) is 0 Å². The number of hydrogen-bond donors (Lipinski definition) is 1. The van der Waals surface area contributed by atoms with E-state index in [1.165, 1.54) is 11.3 Å². The van der Waals surface area contributed by atoms with Gasteiger partial charge in [0.2, 0.25) is 0 Å². The van der Waals surface area contributed by atoms with E-state index in [0.717, 1.165) is 25.5 Å². The molecule has 1 aliphatic rings. The molecular weight excluding hydrogens is 162 g/mol. The zero-order valence-corrected chi connectivity index (χ0v) is 9.02. The normalized spacial score (nSPS) is 18.5. The topological polar surface area (TPSA) is 27.6 Å². The van der Waals surface area contributed by atoms with Gasteiger partial charge in [-0.3, -0.25) is 4.99 Å². The highest BCUT2D eigenvalue weighted by Gasteiger charge is 2.15. The molecule has 0 saturated heterocycles. The van der Waals surface area contributed by atoms with Crippen LogP contribution < -0.4 is 5.32 Å². The quantitative estimate of drug-likeness (QED) is 0.709. The Morgan fingerprint density at radius 1 is 1.54 bits per heavy atom. The van der Waals surface area contributed by atoms with Gasteiger partial charge in [-0.15, -0.1) is 0 Å². The summed E-state index contributed by atoms with van der Waals surface area (Å²) in [5, 5.41) is 3.31. The first-order chi connectivity index (χ1) is 6.16. The van der Waals surface area contributed by atoms with Crippen LogP contribution in [-0.4, -0.2) is 37.4 Å². The molecule has 0 aromatic rings. The highest BCUT2D eigenvalue weighted by atomic mass is 15.2. The largest absolute Gasteiger partial charge is 0.389 e. The minimum atomic E-state index is 0.933. The second-order valence-electron chi connectivity index (χ2n) is 3.41. The molecule has 0 unspecified atom stereocenters. The molecule has 0 aliphatic carbocycles. The Morgan fingerprint density at radius 3 is 2.69 bits per heavy atom. The number of rotatable bonds is 3. The summed E-state index contributed by atoms with van der Waals surface area (Å²) >= 11 is 0. The van der Waals surface area contributed by atoms with Gasteiger partial charge in [0.25, 0.3) is 0 Å². The lowest BCUT2D eigenvalue weighted by Gasteiger charge is -2.16. The van der Waals surface area contributed by atoms with Crippen molar-refractivity contribution in [1.29, 1.82) is 0 Å². The van der Waals surface area contributed by atoms with Crippen LogP contribution in [0.25, 0.3) is 0 Å².